The van der Waals surface area contributed by atoms with E-state index in [1.54, 1.807) is 24.3 Å². The zero-order chi connectivity index (χ0) is 14.6. The zero-order valence-corrected chi connectivity index (χ0v) is 10.8. The highest BCUT2D eigenvalue weighted by Crippen LogP contribution is 2.28. The number of nitrogens with one attached hydrogen (secondary N) is 1. The Kier molecular flexibility index (Phi) is 4.24. The highest BCUT2D eigenvalue weighted by molar-refractivity contribution is 6.33. The average Bonchev–Trinajstić information content (AvgIpc) is 2.40. The Labute approximate surface area is 118 Å². The topological polar surface area (TPSA) is 37.3 Å². The second-order valence-corrected chi connectivity index (χ2v) is 4.23. The average molecular weight is 300 g/mol. The number of halogens is 4. The molecule has 0 spiro atoms. The molecule has 0 saturated carbocycles. The van der Waals surface area contributed by atoms with Gasteiger partial charge in [-0.3, -0.25) is 5.43 Å². The minimum absolute atomic E-state index is 0.210. The van der Waals surface area contributed by atoms with Gasteiger partial charge in [-0.25, -0.2) is 4.98 Å². The van der Waals surface area contributed by atoms with E-state index in [0.29, 0.717) is 10.6 Å². The van der Waals surface area contributed by atoms with Crippen LogP contribution in [-0.2, 0) is 6.18 Å². The number of hydrogen-bond acceptors (Lipinski definition) is 3. The summed E-state index contributed by atoms with van der Waals surface area (Å²) in [6.07, 6.45) is -2.19. The van der Waals surface area contributed by atoms with Crippen LogP contribution in [-0.4, -0.2) is 11.2 Å². The lowest BCUT2D eigenvalue weighted by atomic mass is 10.2. The predicted molar refractivity (Wildman–Crippen MR) is 71.9 cm³/mol. The van der Waals surface area contributed by atoms with E-state index in [1.807, 2.05) is 0 Å². The van der Waals surface area contributed by atoms with Gasteiger partial charge in [0.2, 0.25) is 0 Å². The van der Waals surface area contributed by atoms with E-state index < -0.39 is 11.7 Å². The van der Waals surface area contributed by atoms with Gasteiger partial charge in [0, 0.05) is 16.8 Å². The van der Waals surface area contributed by atoms with Crippen molar-refractivity contribution in [1.29, 1.82) is 0 Å². The Hall–Kier alpha value is -2.08. The third kappa shape index (κ3) is 3.71. The van der Waals surface area contributed by atoms with Crippen LogP contribution in [0.2, 0.25) is 5.02 Å². The number of nitrogens with zero attached hydrogens (tertiary/aromatic N) is 2. The minimum atomic E-state index is -4.40. The van der Waals surface area contributed by atoms with Crippen LogP contribution in [0.5, 0.6) is 0 Å². The Morgan fingerprint density at radius 3 is 2.50 bits per heavy atom. The molecule has 0 saturated heterocycles. The summed E-state index contributed by atoms with van der Waals surface area (Å²) in [6.45, 7) is 0. The fourth-order valence-corrected chi connectivity index (χ4v) is 1.56. The molecule has 2 rings (SSSR count). The monoisotopic (exact) mass is 299 g/mol. The molecule has 0 radical (unpaired) electrons. The summed E-state index contributed by atoms with van der Waals surface area (Å²) in [4.78, 5) is 3.62. The first-order valence-corrected chi connectivity index (χ1v) is 5.91. The normalized spacial score (nSPS) is 11.8. The van der Waals surface area contributed by atoms with E-state index >= 15 is 0 Å². The summed E-state index contributed by atoms with van der Waals surface area (Å²) in [6, 6.07) is 9.17. The summed E-state index contributed by atoms with van der Waals surface area (Å²) in [5.74, 6) is 0.210. The molecule has 0 aliphatic rings. The molecule has 0 bridgehead atoms. The van der Waals surface area contributed by atoms with Crippen molar-refractivity contribution in [2.45, 2.75) is 6.18 Å². The molecule has 1 aromatic heterocycles. The van der Waals surface area contributed by atoms with Crippen molar-refractivity contribution in [2.24, 2.45) is 5.10 Å². The number of anilines is 1. The number of pyridine rings is 1. The van der Waals surface area contributed by atoms with Crippen LogP contribution in [0.4, 0.5) is 19.0 Å². The SMILES string of the molecule is FC(F)(F)c1ccc(N/N=C\c2ccccc2Cl)nc1. The van der Waals surface area contributed by atoms with Crippen LogP contribution in [0, 0.1) is 0 Å². The molecule has 3 nitrogen and oxygen atoms in total. The van der Waals surface area contributed by atoms with Gasteiger partial charge in [0.1, 0.15) is 5.82 Å². The molecular formula is C13H9ClF3N3. The molecule has 0 fully saturated rings. The Balaban J connectivity index is 2.03. The van der Waals surface area contributed by atoms with Crippen LogP contribution >= 0.6 is 11.6 Å². The van der Waals surface area contributed by atoms with E-state index in [1.165, 1.54) is 12.3 Å². The predicted octanol–water partition coefficient (Wildman–Crippen LogP) is 4.20. The van der Waals surface area contributed by atoms with E-state index in [4.69, 9.17) is 11.6 Å². The maximum atomic E-state index is 12.3. The molecule has 0 amide bonds. The van der Waals surface area contributed by atoms with Crippen LogP contribution in [0.3, 0.4) is 0 Å². The number of benzene rings is 1. The minimum Gasteiger partial charge on any atom is -0.261 e. The Bertz CT molecular complexity index is 609. The summed E-state index contributed by atoms with van der Waals surface area (Å²) in [5.41, 5.74) is 2.41. The molecular weight excluding hydrogens is 291 g/mol. The van der Waals surface area contributed by atoms with Gasteiger partial charge in [-0.15, -0.1) is 0 Å². The van der Waals surface area contributed by atoms with Crippen molar-refractivity contribution in [3.8, 4) is 0 Å². The van der Waals surface area contributed by atoms with Crippen molar-refractivity contribution < 1.29 is 13.2 Å². The molecule has 104 valence electrons. The van der Waals surface area contributed by atoms with Gasteiger partial charge in [-0.2, -0.15) is 18.3 Å². The first-order valence-electron chi connectivity index (χ1n) is 5.53. The Morgan fingerprint density at radius 2 is 1.90 bits per heavy atom. The van der Waals surface area contributed by atoms with Gasteiger partial charge in [-0.05, 0) is 18.2 Å². The first-order chi connectivity index (χ1) is 9.47. The highest BCUT2D eigenvalue weighted by Gasteiger charge is 2.30. The summed E-state index contributed by atoms with van der Waals surface area (Å²) in [5, 5.41) is 4.39. The van der Waals surface area contributed by atoms with E-state index in [-0.39, 0.29) is 5.82 Å². The summed E-state index contributed by atoms with van der Waals surface area (Å²) < 4.78 is 37.0. The van der Waals surface area contributed by atoms with Gasteiger partial charge in [0.05, 0.1) is 11.8 Å². The maximum absolute atomic E-state index is 12.3. The zero-order valence-electron chi connectivity index (χ0n) is 10.0. The molecule has 0 aliphatic heterocycles. The number of alkyl halides is 3. The van der Waals surface area contributed by atoms with Crippen molar-refractivity contribution in [3.05, 3.63) is 58.7 Å². The Morgan fingerprint density at radius 1 is 1.15 bits per heavy atom. The van der Waals surface area contributed by atoms with Gasteiger partial charge < -0.3 is 0 Å². The van der Waals surface area contributed by atoms with Gasteiger partial charge in [0.25, 0.3) is 0 Å². The van der Waals surface area contributed by atoms with Crippen LogP contribution in [0.1, 0.15) is 11.1 Å². The standard InChI is InChI=1S/C13H9ClF3N3/c14-11-4-2-1-3-9(11)7-19-20-12-6-5-10(8-18-12)13(15,16)17/h1-8H,(H,18,20)/b19-7-. The molecule has 20 heavy (non-hydrogen) atoms. The molecule has 7 heteroatoms. The van der Waals surface area contributed by atoms with E-state index in [9.17, 15) is 13.2 Å². The maximum Gasteiger partial charge on any atom is 0.417 e. The fourth-order valence-electron chi connectivity index (χ4n) is 1.38. The summed E-state index contributed by atoms with van der Waals surface area (Å²) >= 11 is 5.92. The van der Waals surface area contributed by atoms with Gasteiger partial charge >= 0.3 is 6.18 Å². The highest BCUT2D eigenvalue weighted by atomic mass is 35.5. The lowest BCUT2D eigenvalue weighted by Crippen LogP contribution is -2.05. The number of rotatable bonds is 3. The van der Waals surface area contributed by atoms with E-state index in [0.717, 1.165) is 12.3 Å². The fraction of sp³-hybridized carbons (Fsp3) is 0.0769. The number of hydrazone groups is 1. The second-order valence-electron chi connectivity index (χ2n) is 3.82. The molecule has 0 atom stereocenters. The molecule has 1 aromatic carbocycles. The van der Waals surface area contributed by atoms with Crippen LogP contribution in [0.15, 0.2) is 47.7 Å². The second kappa shape index (κ2) is 5.92. The molecule has 1 N–H and O–H groups in total. The van der Waals surface area contributed by atoms with Crippen LogP contribution in [0.25, 0.3) is 0 Å². The van der Waals surface area contributed by atoms with Crippen molar-refractivity contribution >= 4 is 23.6 Å². The molecule has 0 unspecified atom stereocenters. The van der Waals surface area contributed by atoms with E-state index in [2.05, 4.69) is 15.5 Å². The number of hydrogen-bond donors (Lipinski definition) is 1. The smallest absolute Gasteiger partial charge is 0.261 e. The first kappa shape index (κ1) is 14.3. The van der Waals surface area contributed by atoms with Crippen molar-refractivity contribution in [1.82, 2.24) is 4.98 Å². The van der Waals surface area contributed by atoms with Gasteiger partial charge in [0.15, 0.2) is 0 Å². The third-order valence-corrected chi connectivity index (χ3v) is 2.72. The molecule has 2 aromatic rings. The number of aromatic nitrogens is 1. The summed E-state index contributed by atoms with van der Waals surface area (Å²) in [7, 11) is 0. The quantitative estimate of drug-likeness (QED) is 0.681. The van der Waals surface area contributed by atoms with Crippen LogP contribution < -0.4 is 5.43 Å². The molecule has 1 heterocycles. The van der Waals surface area contributed by atoms with Gasteiger partial charge in [-0.1, -0.05) is 29.8 Å². The lowest BCUT2D eigenvalue weighted by Gasteiger charge is -2.06. The van der Waals surface area contributed by atoms with Crippen molar-refractivity contribution in [3.63, 3.8) is 0 Å². The van der Waals surface area contributed by atoms with Crippen molar-refractivity contribution in [2.75, 3.05) is 5.43 Å². The lowest BCUT2D eigenvalue weighted by molar-refractivity contribution is -0.137. The third-order valence-electron chi connectivity index (χ3n) is 2.38. The largest absolute Gasteiger partial charge is 0.417 e. The molecule has 0 aliphatic carbocycles.